The standard InChI is InChI=1S/C22H31N3O3.HI/c1-3-27-19-11-12-21(28-4-2)20(17-19)25-22(23)24-14-8-15-26-16-13-18-9-6-5-7-10-18;/h5-7,9-12,17H,3-4,8,13-16H2,1-2H3,(H3,23,24,25);1H. The number of guanidine groups is 1. The van der Waals surface area contributed by atoms with E-state index in [9.17, 15) is 0 Å². The molecule has 2 rings (SSSR count). The first kappa shape index (κ1) is 25.0. The van der Waals surface area contributed by atoms with Crippen molar-refractivity contribution in [1.29, 1.82) is 0 Å². The highest BCUT2D eigenvalue weighted by molar-refractivity contribution is 14.0. The molecule has 160 valence electrons. The number of aliphatic imine (C=N–C) groups is 1. The van der Waals surface area contributed by atoms with Gasteiger partial charge in [0.15, 0.2) is 5.96 Å². The maximum absolute atomic E-state index is 6.01. The molecular formula is C22H32IN3O3. The number of hydrogen-bond acceptors (Lipinski definition) is 4. The van der Waals surface area contributed by atoms with Crippen molar-refractivity contribution in [2.75, 3.05) is 38.3 Å². The second kappa shape index (κ2) is 14.9. The lowest BCUT2D eigenvalue weighted by Crippen LogP contribution is -2.23. The summed E-state index contributed by atoms with van der Waals surface area (Å²) in [6.45, 7) is 7.02. The maximum atomic E-state index is 6.01. The molecule has 0 bridgehead atoms. The normalized spacial score (nSPS) is 10.9. The van der Waals surface area contributed by atoms with Crippen molar-refractivity contribution in [2.45, 2.75) is 26.7 Å². The zero-order valence-electron chi connectivity index (χ0n) is 17.2. The van der Waals surface area contributed by atoms with Gasteiger partial charge in [-0.3, -0.25) is 4.99 Å². The number of anilines is 1. The van der Waals surface area contributed by atoms with Crippen molar-refractivity contribution >= 4 is 35.6 Å². The van der Waals surface area contributed by atoms with E-state index in [1.54, 1.807) is 0 Å². The smallest absolute Gasteiger partial charge is 0.193 e. The zero-order valence-corrected chi connectivity index (χ0v) is 19.6. The van der Waals surface area contributed by atoms with Crippen molar-refractivity contribution in [1.82, 2.24) is 0 Å². The van der Waals surface area contributed by atoms with Gasteiger partial charge in [-0.25, -0.2) is 0 Å². The van der Waals surface area contributed by atoms with Gasteiger partial charge in [0.25, 0.3) is 0 Å². The van der Waals surface area contributed by atoms with Gasteiger partial charge in [0, 0.05) is 19.2 Å². The Morgan fingerprint density at radius 3 is 2.48 bits per heavy atom. The van der Waals surface area contributed by atoms with Crippen LogP contribution >= 0.6 is 24.0 Å². The van der Waals surface area contributed by atoms with Crippen molar-refractivity contribution in [3.05, 3.63) is 54.1 Å². The van der Waals surface area contributed by atoms with E-state index in [1.165, 1.54) is 5.56 Å². The van der Waals surface area contributed by atoms with Gasteiger partial charge in [0.1, 0.15) is 11.5 Å². The topological polar surface area (TPSA) is 78.1 Å². The van der Waals surface area contributed by atoms with E-state index in [0.717, 1.165) is 24.3 Å². The van der Waals surface area contributed by atoms with Gasteiger partial charge in [0.05, 0.1) is 25.5 Å². The molecule has 0 spiro atoms. The van der Waals surface area contributed by atoms with Crippen LogP contribution in [0.1, 0.15) is 25.8 Å². The Morgan fingerprint density at radius 1 is 1.00 bits per heavy atom. The quantitative estimate of drug-likeness (QED) is 0.190. The molecule has 0 aliphatic rings. The molecule has 6 nitrogen and oxygen atoms in total. The molecule has 0 saturated carbocycles. The van der Waals surface area contributed by atoms with Crippen LogP contribution in [0, 0.1) is 0 Å². The lowest BCUT2D eigenvalue weighted by molar-refractivity contribution is 0.136. The number of benzene rings is 2. The van der Waals surface area contributed by atoms with Crippen molar-refractivity contribution in [2.24, 2.45) is 10.7 Å². The molecule has 0 saturated heterocycles. The highest BCUT2D eigenvalue weighted by atomic mass is 127. The molecule has 0 aliphatic heterocycles. The zero-order chi connectivity index (χ0) is 20.0. The monoisotopic (exact) mass is 513 g/mol. The van der Waals surface area contributed by atoms with E-state index >= 15 is 0 Å². The molecule has 0 aliphatic carbocycles. The Labute approximate surface area is 190 Å². The number of halogens is 1. The fourth-order valence-electron chi connectivity index (χ4n) is 2.62. The molecule has 0 heterocycles. The molecule has 0 aromatic heterocycles. The number of hydrogen-bond donors (Lipinski definition) is 2. The predicted octanol–water partition coefficient (Wildman–Crippen LogP) is 4.48. The molecule has 0 atom stereocenters. The Kier molecular flexibility index (Phi) is 12.9. The summed E-state index contributed by atoms with van der Waals surface area (Å²) >= 11 is 0. The Balaban J connectivity index is 0.00000420. The van der Waals surface area contributed by atoms with Crippen LogP contribution in [-0.2, 0) is 11.2 Å². The minimum atomic E-state index is 0. The van der Waals surface area contributed by atoms with Crippen LogP contribution in [0.15, 0.2) is 53.5 Å². The average Bonchev–Trinajstić information content (AvgIpc) is 2.70. The first-order valence-electron chi connectivity index (χ1n) is 9.81. The number of ether oxygens (including phenoxy) is 3. The van der Waals surface area contributed by atoms with E-state index in [1.807, 2.05) is 50.2 Å². The SMILES string of the molecule is CCOc1ccc(OCC)c(NC(N)=NCCCOCCc2ccccc2)c1.I. The number of nitrogens with zero attached hydrogens (tertiary/aromatic N) is 1. The third kappa shape index (κ3) is 9.85. The first-order valence-corrected chi connectivity index (χ1v) is 9.81. The molecule has 0 fully saturated rings. The summed E-state index contributed by atoms with van der Waals surface area (Å²) in [5.41, 5.74) is 8.04. The van der Waals surface area contributed by atoms with Crippen LogP contribution in [0.4, 0.5) is 5.69 Å². The van der Waals surface area contributed by atoms with Gasteiger partial charge in [-0.15, -0.1) is 24.0 Å². The summed E-state index contributed by atoms with van der Waals surface area (Å²) < 4.78 is 16.8. The van der Waals surface area contributed by atoms with Crippen LogP contribution < -0.4 is 20.5 Å². The Hall–Kier alpha value is -2.00. The number of nitrogens with one attached hydrogen (secondary N) is 1. The van der Waals surface area contributed by atoms with Crippen molar-refractivity contribution in [3.63, 3.8) is 0 Å². The minimum absolute atomic E-state index is 0. The van der Waals surface area contributed by atoms with Gasteiger partial charge in [0.2, 0.25) is 0 Å². The molecule has 0 unspecified atom stereocenters. The van der Waals surface area contributed by atoms with E-state index < -0.39 is 0 Å². The summed E-state index contributed by atoms with van der Waals surface area (Å²) in [7, 11) is 0. The third-order valence-electron chi connectivity index (χ3n) is 3.93. The Bertz CT molecular complexity index is 726. The highest BCUT2D eigenvalue weighted by Gasteiger charge is 2.07. The maximum Gasteiger partial charge on any atom is 0.193 e. The second-order valence-electron chi connectivity index (χ2n) is 6.12. The fourth-order valence-corrected chi connectivity index (χ4v) is 2.62. The van der Waals surface area contributed by atoms with Crippen LogP contribution in [0.3, 0.4) is 0 Å². The molecular weight excluding hydrogens is 481 g/mol. The van der Waals surface area contributed by atoms with E-state index in [2.05, 4.69) is 22.4 Å². The minimum Gasteiger partial charge on any atom is -0.494 e. The van der Waals surface area contributed by atoms with Crippen molar-refractivity contribution in [3.8, 4) is 11.5 Å². The summed E-state index contributed by atoms with van der Waals surface area (Å²) in [5, 5.41) is 3.10. The predicted molar refractivity (Wildman–Crippen MR) is 130 cm³/mol. The lowest BCUT2D eigenvalue weighted by Gasteiger charge is -2.14. The van der Waals surface area contributed by atoms with E-state index in [-0.39, 0.29) is 24.0 Å². The van der Waals surface area contributed by atoms with Gasteiger partial charge in [-0.05, 0) is 44.4 Å². The molecule has 0 amide bonds. The van der Waals surface area contributed by atoms with Gasteiger partial charge in [-0.1, -0.05) is 30.3 Å². The lowest BCUT2D eigenvalue weighted by atomic mass is 10.2. The third-order valence-corrected chi connectivity index (χ3v) is 3.93. The number of rotatable bonds is 12. The van der Waals surface area contributed by atoms with Crippen molar-refractivity contribution < 1.29 is 14.2 Å². The summed E-state index contributed by atoms with van der Waals surface area (Å²) in [5.74, 6) is 1.82. The largest absolute Gasteiger partial charge is 0.494 e. The first-order chi connectivity index (χ1) is 13.7. The Morgan fingerprint density at radius 2 is 1.76 bits per heavy atom. The van der Waals surface area contributed by atoms with E-state index in [4.69, 9.17) is 19.9 Å². The van der Waals surface area contributed by atoms with Gasteiger partial charge in [-0.2, -0.15) is 0 Å². The van der Waals surface area contributed by atoms with Gasteiger partial charge >= 0.3 is 0 Å². The summed E-state index contributed by atoms with van der Waals surface area (Å²) in [4.78, 5) is 4.36. The number of nitrogens with two attached hydrogens (primary N) is 1. The molecule has 2 aromatic carbocycles. The summed E-state index contributed by atoms with van der Waals surface area (Å²) in [6, 6.07) is 15.9. The van der Waals surface area contributed by atoms with Gasteiger partial charge < -0.3 is 25.3 Å². The van der Waals surface area contributed by atoms with Crippen LogP contribution in [0.25, 0.3) is 0 Å². The highest BCUT2D eigenvalue weighted by Crippen LogP contribution is 2.29. The molecule has 7 heteroatoms. The average molecular weight is 513 g/mol. The second-order valence-corrected chi connectivity index (χ2v) is 6.12. The van der Waals surface area contributed by atoms with Crippen LogP contribution in [-0.4, -0.2) is 38.9 Å². The molecule has 3 N–H and O–H groups in total. The molecule has 29 heavy (non-hydrogen) atoms. The van der Waals surface area contributed by atoms with Crippen LogP contribution in [0.2, 0.25) is 0 Å². The van der Waals surface area contributed by atoms with E-state index in [0.29, 0.717) is 44.7 Å². The van der Waals surface area contributed by atoms with Crippen LogP contribution in [0.5, 0.6) is 11.5 Å². The summed E-state index contributed by atoms with van der Waals surface area (Å²) in [6.07, 6.45) is 1.73. The molecule has 2 aromatic rings. The fraction of sp³-hybridized carbons (Fsp3) is 0.409. The molecule has 0 radical (unpaired) electrons.